The van der Waals surface area contributed by atoms with Crippen molar-refractivity contribution in [3.8, 4) is 11.4 Å². The highest BCUT2D eigenvalue weighted by Gasteiger charge is 2.25. The van der Waals surface area contributed by atoms with E-state index in [-0.39, 0.29) is 0 Å². The van der Waals surface area contributed by atoms with Gasteiger partial charge in [-0.2, -0.15) is 5.10 Å². The van der Waals surface area contributed by atoms with E-state index < -0.39 is 0 Å². The number of fused-ring (bicyclic) bond motifs is 2. The fourth-order valence-corrected chi connectivity index (χ4v) is 5.88. The molecule has 0 spiro atoms. The number of allylic oxidation sites excluding steroid dienone is 2. The maximum Gasteiger partial charge on any atom is 0.162 e. The molecular formula is C29H37N7O2S. The van der Waals surface area contributed by atoms with Crippen molar-refractivity contribution in [1.29, 1.82) is 0 Å². The third-order valence-electron chi connectivity index (χ3n) is 6.96. The third-order valence-corrected chi connectivity index (χ3v) is 8.09. The first-order valence-corrected chi connectivity index (χ1v) is 14.6. The molecule has 9 nitrogen and oxygen atoms in total. The second-order valence-electron chi connectivity index (χ2n) is 9.50. The van der Waals surface area contributed by atoms with Crippen molar-refractivity contribution in [1.82, 2.24) is 25.1 Å². The first-order chi connectivity index (χ1) is 19.2. The van der Waals surface area contributed by atoms with Crippen LogP contribution in [0.15, 0.2) is 51.5 Å². The van der Waals surface area contributed by atoms with E-state index in [1.54, 1.807) is 7.11 Å². The van der Waals surface area contributed by atoms with Gasteiger partial charge in [-0.3, -0.25) is 15.0 Å². The van der Waals surface area contributed by atoms with Crippen LogP contribution in [0, 0.1) is 0 Å². The van der Waals surface area contributed by atoms with Crippen molar-refractivity contribution in [3.63, 3.8) is 0 Å². The van der Waals surface area contributed by atoms with Crippen LogP contribution in [-0.4, -0.2) is 96.8 Å². The van der Waals surface area contributed by atoms with E-state index in [9.17, 15) is 0 Å². The van der Waals surface area contributed by atoms with E-state index in [1.807, 2.05) is 36.3 Å². The summed E-state index contributed by atoms with van der Waals surface area (Å²) < 4.78 is 10.9. The summed E-state index contributed by atoms with van der Waals surface area (Å²) in [4.78, 5) is 20.8. The summed E-state index contributed by atoms with van der Waals surface area (Å²) in [7, 11) is 1.74. The summed E-state index contributed by atoms with van der Waals surface area (Å²) in [5, 5.41) is 8.34. The number of aromatic nitrogens is 4. The number of hydrogen-bond donors (Lipinski definition) is 1. The summed E-state index contributed by atoms with van der Waals surface area (Å²) in [5.41, 5.74) is 5.30. The maximum absolute atomic E-state index is 5.64. The summed E-state index contributed by atoms with van der Waals surface area (Å²) in [6.45, 7) is 10.5. The van der Waals surface area contributed by atoms with Crippen LogP contribution in [0.5, 0.6) is 0 Å². The van der Waals surface area contributed by atoms with Gasteiger partial charge in [0, 0.05) is 49.7 Å². The molecule has 0 radical (unpaired) electrons. The monoisotopic (exact) mass is 547 g/mol. The predicted molar refractivity (Wildman–Crippen MR) is 160 cm³/mol. The molecule has 2 aliphatic heterocycles. The van der Waals surface area contributed by atoms with E-state index in [4.69, 9.17) is 24.4 Å². The SMILES string of the molecule is CC/C=C(\C=N/CN(CC)CCOC)C1=Cc2nc(-c3cccc4[nH]ncc34)nc(N3CCOCC3)c2SC1. The summed E-state index contributed by atoms with van der Waals surface area (Å²) >= 11 is 1.81. The number of aliphatic imine (C=N–C) groups is 1. The number of nitrogens with zero attached hydrogens (tertiary/aromatic N) is 6. The van der Waals surface area contributed by atoms with Gasteiger partial charge >= 0.3 is 0 Å². The molecule has 0 saturated carbocycles. The van der Waals surface area contributed by atoms with Gasteiger partial charge in [0.05, 0.1) is 48.8 Å². The lowest BCUT2D eigenvalue weighted by Gasteiger charge is -2.31. The number of aromatic amines is 1. The Morgan fingerprint density at radius 3 is 2.92 bits per heavy atom. The Morgan fingerprint density at radius 2 is 2.13 bits per heavy atom. The highest BCUT2D eigenvalue weighted by Crippen LogP contribution is 2.41. The zero-order valence-corrected chi connectivity index (χ0v) is 23.8. The fraction of sp³-hybridized carbons (Fsp3) is 0.448. The van der Waals surface area contributed by atoms with Crippen LogP contribution in [0.2, 0.25) is 0 Å². The van der Waals surface area contributed by atoms with Crippen molar-refractivity contribution in [2.45, 2.75) is 25.2 Å². The number of H-pyrrole nitrogens is 1. The number of rotatable bonds is 11. The van der Waals surface area contributed by atoms with E-state index in [0.717, 1.165) is 76.8 Å². The Hall–Kier alpha value is -3.05. The molecule has 0 amide bonds. The molecule has 2 aliphatic rings. The van der Waals surface area contributed by atoms with E-state index in [1.165, 1.54) is 5.57 Å². The summed E-state index contributed by atoms with van der Waals surface area (Å²) in [5.74, 6) is 2.56. The van der Waals surface area contributed by atoms with Gasteiger partial charge in [-0.25, -0.2) is 9.97 Å². The molecule has 1 aromatic carbocycles. The van der Waals surface area contributed by atoms with Crippen LogP contribution in [0.1, 0.15) is 26.0 Å². The molecule has 0 aliphatic carbocycles. The smallest absolute Gasteiger partial charge is 0.162 e. The second kappa shape index (κ2) is 13.3. The summed E-state index contributed by atoms with van der Waals surface area (Å²) in [6, 6.07) is 6.12. The first-order valence-electron chi connectivity index (χ1n) is 13.6. The highest BCUT2D eigenvalue weighted by molar-refractivity contribution is 7.99. The summed E-state index contributed by atoms with van der Waals surface area (Å²) in [6.07, 6.45) is 9.29. The number of thioether (sulfide) groups is 1. The quantitative estimate of drug-likeness (QED) is 0.346. The van der Waals surface area contributed by atoms with Crippen molar-refractivity contribution in [2.75, 3.05) is 70.4 Å². The van der Waals surface area contributed by atoms with Crippen molar-refractivity contribution < 1.29 is 9.47 Å². The molecule has 4 heterocycles. The lowest BCUT2D eigenvalue weighted by atomic mass is 10.1. The molecule has 0 atom stereocenters. The average molecular weight is 548 g/mol. The highest BCUT2D eigenvalue weighted by atomic mass is 32.2. The molecule has 0 unspecified atom stereocenters. The third kappa shape index (κ3) is 6.41. The molecule has 39 heavy (non-hydrogen) atoms. The Labute approximate surface area is 234 Å². The Balaban J connectivity index is 1.51. The number of anilines is 1. The van der Waals surface area contributed by atoms with Gasteiger partial charge in [-0.15, -0.1) is 11.8 Å². The van der Waals surface area contributed by atoms with Crippen molar-refractivity contribution in [2.24, 2.45) is 4.99 Å². The van der Waals surface area contributed by atoms with Gasteiger partial charge in [0.25, 0.3) is 0 Å². The van der Waals surface area contributed by atoms with Gasteiger partial charge < -0.3 is 14.4 Å². The zero-order chi connectivity index (χ0) is 27.0. The first kappa shape index (κ1) is 27.5. The van der Waals surface area contributed by atoms with Crippen molar-refractivity contribution in [3.05, 3.63) is 47.3 Å². The lowest BCUT2D eigenvalue weighted by Crippen LogP contribution is -2.37. The number of benzene rings is 1. The van der Waals surface area contributed by atoms with Crippen LogP contribution < -0.4 is 4.90 Å². The van der Waals surface area contributed by atoms with Gasteiger partial charge in [-0.1, -0.05) is 32.1 Å². The van der Waals surface area contributed by atoms with Crippen molar-refractivity contribution >= 4 is 40.8 Å². The molecule has 206 valence electrons. The van der Waals surface area contributed by atoms with E-state index in [2.05, 4.69) is 52.1 Å². The van der Waals surface area contributed by atoms with Gasteiger partial charge in [0.15, 0.2) is 5.82 Å². The van der Waals surface area contributed by atoms with Gasteiger partial charge in [0.1, 0.15) is 5.82 Å². The topological polar surface area (TPSA) is 91.8 Å². The van der Waals surface area contributed by atoms with Gasteiger partial charge in [-0.05, 0) is 36.3 Å². The molecular weight excluding hydrogens is 510 g/mol. The number of ether oxygens (including phenoxy) is 2. The maximum atomic E-state index is 5.64. The fourth-order valence-electron chi connectivity index (χ4n) is 4.78. The largest absolute Gasteiger partial charge is 0.383 e. The minimum absolute atomic E-state index is 0.653. The second-order valence-corrected chi connectivity index (χ2v) is 10.5. The standard InChI is InChI=1S/C29H37N7O2S/c1-4-7-21(17-30-20-35(5-2)10-13-37-3)22-16-26-27(39-19-22)29(36-11-14-38-15-12-36)33-28(32-26)23-8-6-9-25-24(23)18-31-34-25/h6-9,16-18H,4-5,10-15,19-20H2,1-3H3,(H,31,34)/b21-7+,30-17-. The number of morpholine rings is 1. The molecule has 1 N–H and O–H groups in total. The van der Waals surface area contributed by atoms with Crippen LogP contribution in [-0.2, 0) is 9.47 Å². The van der Waals surface area contributed by atoms with Gasteiger partial charge in [0.2, 0.25) is 0 Å². The zero-order valence-electron chi connectivity index (χ0n) is 23.0. The molecule has 10 heteroatoms. The van der Waals surface area contributed by atoms with Crippen LogP contribution in [0.3, 0.4) is 0 Å². The molecule has 1 saturated heterocycles. The van der Waals surface area contributed by atoms with Crippen LogP contribution in [0.25, 0.3) is 28.4 Å². The number of likely N-dealkylation sites (N-methyl/N-ethyl adjacent to an activating group) is 1. The normalized spacial score (nSPS) is 16.4. The Morgan fingerprint density at radius 1 is 1.26 bits per heavy atom. The average Bonchev–Trinajstić information content (AvgIpc) is 3.47. The molecule has 3 aromatic rings. The van der Waals surface area contributed by atoms with Crippen LogP contribution >= 0.6 is 11.8 Å². The number of nitrogens with one attached hydrogen (secondary N) is 1. The Kier molecular flexibility index (Phi) is 9.41. The molecule has 2 aromatic heterocycles. The molecule has 5 rings (SSSR count). The van der Waals surface area contributed by atoms with E-state index in [0.29, 0.717) is 32.3 Å². The molecule has 1 fully saturated rings. The predicted octanol–water partition coefficient (Wildman–Crippen LogP) is 4.68. The van der Waals surface area contributed by atoms with E-state index >= 15 is 0 Å². The van der Waals surface area contributed by atoms with Crippen LogP contribution in [0.4, 0.5) is 5.82 Å². The minimum atomic E-state index is 0.653. The molecule has 0 bridgehead atoms. The number of hydrogen-bond acceptors (Lipinski definition) is 9. The lowest BCUT2D eigenvalue weighted by molar-refractivity contribution is 0.122. The minimum Gasteiger partial charge on any atom is -0.383 e. The number of methoxy groups -OCH3 is 1. The Bertz CT molecular complexity index is 1360.